The summed E-state index contributed by atoms with van der Waals surface area (Å²) in [6, 6.07) is 17.6. The fourth-order valence-electron chi connectivity index (χ4n) is 3.02. The van der Waals surface area contributed by atoms with Gasteiger partial charge in [0, 0.05) is 5.56 Å². The van der Waals surface area contributed by atoms with E-state index >= 15 is 0 Å². The molecule has 1 N–H and O–H groups in total. The van der Waals surface area contributed by atoms with Crippen LogP contribution in [0.25, 0.3) is 16.6 Å². The molecule has 1 amide bonds. The van der Waals surface area contributed by atoms with Crippen LogP contribution >= 0.6 is 0 Å². The molecule has 0 radical (unpaired) electrons. The summed E-state index contributed by atoms with van der Waals surface area (Å²) in [6.07, 6.45) is 1.39. The van der Waals surface area contributed by atoms with Gasteiger partial charge in [-0.3, -0.25) is 14.2 Å². The van der Waals surface area contributed by atoms with Gasteiger partial charge in [-0.05, 0) is 42.5 Å². The Balaban J connectivity index is 1.72. The molecule has 4 rings (SSSR count). The molecule has 0 unspecified atom stereocenters. The lowest BCUT2D eigenvalue weighted by Crippen LogP contribution is -2.20. The first kappa shape index (κ1) is 18.4. The van der Waals surface area contributed by atoms with Gasteiger partial charge in [-0.15, -0.1) is 0 Å². The Labute approximate surface area is 165 Å². The maximum atomic E-state index is 13.8. The van der Waals surface area contributed by atoms with E-state index in [2.05, 4.69) is 10.3 Å². The third kappa shape index (κ3) is 3.45. The molecule has 0 bridgehead atoms. The van der Waals surface area contributed by atoms with Gasteiger partial charge < -0.3 is 10.1 Å². The standard InChI is InChI=1S/C22H16FN3O3/c1-29-20-9-5-4-8-19(20)26-13-24-18-12-14(10-11-15(18)22(26)28)21(27)25-17-7-3-2-6-16(17)23/h2-13H,1H3,(H,25,27). The Hall–Kier alpha value is -4.00. The zero-order valence-corrected chi connectivity index (χ0v) is 15.4. The van der Waals surface area contributed by atoms with Crippen LogP contribution < -0.4 is 15.6 Å². The number of aromatic nitrogens is 2. The monoisotopic (exact) mass is 389 g/mol. The Bertz CT molecular complexity index is 1280. The lowest BCUT2D eigenvalue weighted by molar-refractivity contribution is 0.102. The number of carbonyl (C=O) groups is 1. The fourth-order valence-corrected chi connectivity index (χ4v) is 3.02. The van der Waals surface area contributed by atoms with Crippen LogP contribution in [0.3, 0.4) is 0 Å². The van der Waals surface area contributed by atoms with Gasteiger partial charge in [0.2, 0.25) is 0 Å². The molecule has 144 valence electrons. The van der Waals surface area contributed by atoms with E-state index in [0.29, 0.717) is 22.3 Å². The molecule has 6 nitrogen and oxygen atoms in total. The Morgan fingerprint density at radius 1 is 1.07 bits per heavy atom. The molecule has 0 fully saturated rings. The molecule has 0 atom stereocenters. The quantitative estimate of drug-likeness (QED) is 0.576. The van der Waals surface area contributed by atoms with Crippen LogP contribution in [0.1, 0.15) is 10.4 Å². The number of hydrogen-bond donors (Lipinski definition) is 1. The van der Waals surface area contributed by atoms with Crippen molar-refractivity contribution < 1.29 is 13.9 Å². The molecule has 0 saturated heterocycles. The molecule has 1 heterocycles. The minimum atomic E-state index is -0.528. The normalized spacial score (nSPS) is 10.7. The van der Waals surface area contributed by atoms with E-state index in [9.17, 15) is 14.0 Å². The molecule has 0 aliphatic heterocycles. The van der Waals surface area contributed by atoms with Crippen LogP contribution in [0, 0.1) is 5.82 Å². The summed E-state index contributed by atoms with van der Waals surface area (Å²) < 4.78 is 20.5. The van der Waals surface area contributed by atoms with E-state index in [-0.39, 0.29) is 16.8 Å². The minimum absolute atomic E-state index is 0.0807. The third-order valence-corrected chi connectivity index (χ3v) is 4.49. The van der Waals surface area contributed by atoms with Crippen molar-refractivity contribution in [1.29, 1.82) is 0 Å². The van der Waals surface area contributed by atoms with Crippen molar-refractivity contribution in [2.45, 2.75) is 0 Å². The van der Waals surface area contributed by atoms with Crippen LogP contribution in [0.15, 0.2) is 77.9 Å². The number of nitrogens with zero attached hydrogens (tertiary/aromatic N) is 2. The van der Waals surface area contributed by atoms with E-state index in [1.807, 2.05) is 6.07 Å². The zero-order valence-electron chi connectivity index (χ0n) is 15.4. The first-order valence-corrected chi connectivity index (χ1v) is 8.79. The number of para-hydroxylation sites is 3. The van der Waals surface area contributed by atoms with Gasteiger partial charge in [-0.1, -0.05) is 24.3 Å². The molecular formula is C22H16FN3O3. The average Bonchev–Trinajstić information content (AvgIpc) is 2.75. The van der Waals surface area contributed by atoms with Crippen LogP contribution in [-0.2, 0) is 0 Å². The number of nitrogens with one attached hydrogen (secondary N) is 1. The molecule has 7 heteroatoms. The summed E-state index contributed by atoms with van der Waals surface area (Å²) in [5.41, 5.74) is 0.985. The smallest absolute Gasteiger partial charge is 0.265 e. The van der Waals surface area contributed by atoms with Crippen molar-refractivity contribution in [2.24, 2.45) is 0 Å². The SMILES string of the molecule is COc1ccccc1-n1cnc2cc(C(=O)Nc3ccccc3F)ccc2c1=O. The number of benzene rings is 3. The average molecular weight is 389 g/mol. The Morgan fingerprint density at radius 2 is 1.83 bits per heavy atom. The van der Waals surface area contributed by atoms with Crippen molar-refractivity contribution in [3.63, 3.8) is 0 Å². The first-order valence-electron chi connectivity index (χ1n) is 8.79. The lowest BCUT2D eigenvalue weighted by Gasteiger charge is -2.11. The first-order chi connectivity index (χ1) is 14.1. The molecule has 1 aromatic heterocycles. The summed E-state index contributed by atoms with van der Waals surface area (Å²) in [6.45, 7) is 0. The zero-order chi connectivity index (χ0) is 20.4. The van der Waals surface area contributed by atoms with E-state index < -0.39 is 11.7 Å². The van der Waals surface area contributed by atoms with E-state index in [0.717, 1.165) is 0 Å². The highest BCUT2D eigenvalue weighted by atomic mass is 19.1. The van der Waals surface area contributed by atoms with Gasteiger partial charge in [0.05, 0.1) is 29.4 Å². The molecule has 0 aliphatic carbocycles. The molecule has 0 aliphatic rings. The fraction of sp³-hybridized carbons (Fsp3) is 0.0455. The number of hydrogen-bond acceptors (Lipinski definition) is 4. The van der Waals surface area contributed by atoms with Crippen LogP contribution in [0.4, 0.5) is 10.1 Å². The van der Waals surface area contributed by atoms with Gasteiger partial charge in [0.25, 0.3) is 11.5 Å². The Kier molecular flexibility index (Phi) is 4.78. The summed E-state index contributed by atoms with van der Waals surface area (Å²) in [5.74, 6) is -0.483. The number of methoxy groups -OCH3 is 1. The largest absolute Gasteiger partial charge is 0.495 e. The summed E-state index contributed by atoms with van der Waals surface area (Å²) >= 11 is 0. The Morgan fingerprint density at radius 3 is 2.62 bits per heavy atom. The van der Waals surface area contributed by atoms with E-state index in [1.54, 1.807) is 24.3 Å². The van der Waals surface area contributed by atoms with Gasteiger partial charge in [-0.25, -0.2) is 9.37 Å². The highest BCUT2D eigenvalue weighted by Gasteiger charge is 2.13. The molecular weight excluding hydrogens is 373 g/mol. The summed E-state index contributed by atoms with van der Waals surface area (Å²) in [5, 5.41) is 2.86. The maximum absolute atomic E-state index is 13.8. The number of ether oxygens (including phenoxy) is 1. The minimum Gasteiger partial charge on any atom is -0.495 e. The molecule has 4 aromatic rings. The van der Waals surface area contributed by atoms with Crippen molar-refractivity contribution in [2.75, 3.05) is 12.4 Å². The van der Waals surface area contributed by atoms with E-state index in [1.165, 1.54) is 54.4 Å². The van der Waals surface area contributed by atoms with Crippen LogP contribution in [-0.4, -0.2) is 22.6 Å². The number of amides is 1. The highest BCUT2D eigenvalue weighted by molar-refractivity contribution is 6.06. The molecule has 0 spiro atoms. The highest BCUT2D eigenvalue weighted by Crippen LogP contribution is 2.21. The van der Waals surface area contributed by atoms with Crippen LogP contribution in [0.5, 0.6) is 5.75 Å². The molecule has 0 saturated carbocycles. The second kappa shape index (κ2) is 7.55. The second-order valence-electron chi connectivity index (χ2n) is 6.26. The topological polar surface area (TPSA) is 73.2 Å². The van der Waals surface area contributed by atoms with Gasteiger partial charge in [0.1, 0.15) is 17.9 Å². The van der Waals surface area contributed by atoms with Crippen molar-refractivity contribution >= 4 is 22.5 Å². The predicted molar refractivity (Wildman–Crippen MR) is 108 cm³/mol. The number of fused-ring (bicyclic) bond motifs is 1. The van der Waals surface area contributed by atoms with Crippen molar-refractivity contribution in [3.8, 4) is 11.4 Å². The van der Waals surface area contributed by atoms with Crippen molar-refractivity contribution in [1.82, 2.24) is 9.55 Å². The van der Waals surface area contributed by atoms with Gasteiger partial charge in [0.15, 0.2) is 0 Å². The van der Waals surface area contributed by atoms with E-state index in [4.69, 9.17) is 4.74 Å². The number of anilines is 1. The molecule has 3 aromatic carbocycles. The van der Waals surface area contributed by atoms with Gasteiger partial charge in [-0.2, -0.15) is 0 Å². The van der Waals surface area contributed by atoms with Crippen molar-refractivity contribution in [3.05, 3.63) is 94.8 Å². The maximum Gasteiger partial charge on any atom is 0.265 e. The summed E-state index contributed by atoms with van der Waals surface area (Å²) in [4.78, 5) is 29.7. The predicted octanol–water partition coefficient (Wildman–Crippen LogP) is 3.79. The van der Waals surface area contributed by atoms with Gasteiger partial charge >= 0.3 is 0 Å². The lowest BCUT2D eigenvalue weighted by atomic mass is 10.1. The number of carbonyl (C=O) groups excluding carboxylic acids is 1. The third-order valence-electron chi connectivity index (χ3n) is 4.49. The van der Waals surface area contributed by atoms with Crippen LogP contribution in [0.2, 0.25) is 0 Å². The second-order valence-corrected chi connectivity index (χ2v) is 6.26. The molecule has 29 heavy (non-hydrogen) atoms. The number of rotatable bonds is 4. The number of halogens is 1. The summed E-state index contributed by atoms with van der Waals surface area (Å²) in [7, 11) is 1.53.